The van der Waals surface area contributed by atoms with E-state index in [4.69, 9.17) is 17.3 Å². The number of hydrogen-bond acceptors (Lipinski definition) is 3. The summed E-state index contributed by atoms with van der Waals surface area (Å²) in [6.45, 7) is 3.04. The Kier molecular flexibility index (Phi) is 4.27. The smallest absolute Gasteiger partial charge is 0.0662 e. The fourth-order valence-corrected chi connectivity index (χ4v) is 4.12. The van der Waals surface area contributed by atoms with Crippen LogP contribution in [-0.4, -0.2) is 36.1 Å². The van der Waals surface area contributed by atoms with Crippen molar-refractivity contribution in [3.8, 4) is 0 Å². The van der Waals surface area contributed by atoms with Gasteiger partial charge < -0.3 is 11.1 Å². The second-order valence-corrected chi connectivity index (χ2v) is 7.17. The quantitative estimate of drug-likeness (QED) is 0.869. The van der Waals surface area contributed by atoms with Crippen LogP contribution in [0.25, 0.3) is 0 Å². The molecule has 2 fully saturated rings. The molecule has 0 aliphatic carbocycles. The summed E-state index contributed by atoms with van der Waals surface area (Å²) < 4.78 is 0.928. The molecular weight excluding hydrogens is 338 g/mol. The fraction of sp³-hybridized carbons (Fsp3) is 0.600. The second-order valence-electron chi connectivity index (χ2n) is 5.91. The molecule has 0 saturated carbocycles. The van der Waals surface area contributed by atoms with Crippen LogP contribution >= 0.6 is 27.5 Å². The number of nitrogens with zero attached hydrogens (tertiary/aromatic N) is 1. The third-order valence-corrected chi connectivity index (χ3v) is 6.01. The van der Waals surface area contributed by atoms with Crippen LogP contribution in [-0.2, 0) is 0 Å². The highest BCUT2D eigenvalue weighted by atomic mass is 79.9. The maximum atomic E-state index is 6.20. The Hall–Kier alpha value is -0.290. The van der Waals surface area contributed by atoms with Gasteiger partial charge in [-0.05, 0) is 59.9 Å². The number of hydrogen-bond donors (Lipinski definition) is 2. The number of anilines is 1. The Bertz CT molecular complexity index is 496. The standard InChI is InChI=1S/C15H21BrClN3/c16-12-5-4-11(9-13(12)17)19-15(10-18)6-8-20-7-2-1-3-14(15)20/h4-5,9,14,19H,1-3,6-8,10,18H2. The first kappa shape index (κ1) is 14.6. The minimum atomic E-state index is -0.00240. The number of nitrogens with two attached hydrogens (primary N) is 1. The van der Waals surface area contributed by atoms with Crippen molar-refractivity contribution in [2.75, 3.05) is 25.0 Å². The molecular formula is C15H21BrClN3. The van der Waals surface area contributed by atoms with Crippen LogP contribution in [0.4, 0.5) is 5.69 Å². The van der Waals surface area contributed by atoms with Crippen LogP contribution in [0.15, 0.2) is 22.7 Å². The van der Waals surface area contributed by atoms with Crippen molar-refractivity contribution in [2.45, 2.75) is 37.3 Å². The molecule has 0 amide bonds. The van der Waals surface area contributed by atoms with Crippen molar-refractivity contribution in [3.63, 3.8) is 0 Å². The van der Waals surface area contributed by atoms with E-state index < -0.39 is 0 Å². The average Bonchev–Trinajstić information content (AvgIpc) is 2.83. The topological polar surface area (TPSA) is 41.3 Å². The van der Waals surface area contributed by atoms with Gasteiger partial charge in [0.05, 0.1) is 10.6 Å². The van der Waals surface area contributed by atoms with Gasteiger partial charge in [-0.1, -0.05) is 18.0 Å². The molecule has 3 nitrogen and oxygen atoms in total. The predicted molar refractivity (Wildman–Crippen MR) is 88.4 cm³/mol. The molecule has 1 aromatic carbocycles. The molecule has 0 bridgehead atoms. The lowest BCUT2D eigenvalue weighted by molar-refractivity contribution is 0.167. The van der Waals surface area contributed by atoms with E-state index in [1.165, 1.54) is 25.8 Å². The minimum Gasteiger partial charge on any atom is -0.377 e. The van der Waals surface area contributed by atoms with Gasteiger partial charge in [-0.25, -0.2) is 0 Å². The van der Waals surface area contributed by atoms with Gasteiger partial charge in [-0.3, -0.25) is 4.90 Å². The third-order valence-electron chi connectivity index (χ3n) is 4.77. The molecule has 2 heterocycles. The lowest BCUT2D eigenvalue weighted by Crippen LogP contribution is -2.56. The molecule has 2 aliphatic rings. The molecule has 2 unspecified atom stereocenters. The highest BCUT2D eigenvalue weighted by Gasteiger charge is 2.47. The maximum absolute atomic E-state index is 6.20. The molecule has 3 N–H and O–H groups in total. The van der Waals surface area contributed by atoms with E-state index in [1.54, 1.807) is 0 Å². The van der Waals surface area contributed by atoms with Crippen molar-refractivity contribution >= 4 is 33.2 Å². The van der Waals surface area contributed by atoms with Gasteiger partial charge in [0.1, 0.15) is 0 Å². The van der Waals surface area contributed by atoms with E-state index in [0.717, 1.165) is 28.1 Å². The average molecular weight is 359 g/mol. The molecule has 110 valence electrons. The van der Waals surface area contributed by atoms with Gasteiger partial charge in [0.25, 0.3) is 0 Å². The summed E-state index contributed by atoms with van der Waals surface area (Å²) in [7, 11) is 0. The first-order valence-corrected chi connectivity index (χ1v) is 8.49. The summed E-state index contributed by atoms with van der Waals surface area (Å²) >= 11 is 9.63. The van der Waals surface area contributed by atoms with Gasteiger partial charge in [0.2, 0.25) is 0 Å². The lowest BCUT2D eigenvalue weighted by atomic mass is 9.85. The van der Waals surface area contributed by atoms with E-state index in [9.17, 15) is 0 Å². The molecule has 5 heteroatoms. The normalized spacial score (nSPS) is 30.2. The van der Waals surface area contributed by atoms with Crippen LogP contribution in [0.1, 0.15) is 25.7 Å². The van der Waals surface area contributed by atoms with Crippen LogP contribution in [0.5, 0.6) is 0 Å². The monoisotopic (exact) mass is 357 g/mol. The number of halogens is 2. The Labute approximate surface area is 134 Å². The Balaban J connectivity index is 1.84. The van der Waals surface area contributed by atoms with Crippen molar-refractivity contribution in [2.24, 2.45) is 5.73 Å². The molecule has 2 aliphatic heterocycles. The van der Waals surface area contributed by atoms with Gasteiger partial charge in [0.15, 0.2) is 0 Å². The molecule has 2 atom stereocenters. The van der Waals surface area contributed by atoms with E-state index in [2.05, 4.69) is 32.2 Å². The highest BCUT2D eigenvalue weighted by molar-refractivity contribution is 9.10. The largest absolute Gasteiger partial charge is 0.377 e. The van der Waals surface area contributed by atoms with Crippen LogP contribution in [0.3, 0.4) is 0 Å². The van der Waals surface area contributed by atoms with E-state index in [1.807, 2.05) is 12.1 Å². The summed E-state index contributed by atoms with van der Waals surface area (Å²) in [4.78, 5) is 2.60. The number of fused-ring (bicyclic) bond motifs is 1. The van der Waals surface area contributed by atoms with Gasteiger partial charge in [-0.2, -0.15) is 0 Å². The predicted octanol–water partition coefficient (Wildman–Crippen LogP) is 3.47. The van der Waals surface area contributed by atoms with Gasteiger partial charge in [-0.15, -0.1) is 0 Å². The SMILES string of the molecule is NCC1(Nc2ccc(Br)c(Cl)c2)CCN2CCCCC21. The van der Waals surface area contributed by atoms with Crippen molar-refractivity contribution in [3.05, 3.63) is 27.7 Å². The number of nitrogens with one attached hydrogen (secondary N) is 1. The van der Waals surface area contributed by atoms with Crippen molar-refractivity contribution in [1.82, 2.24) is 4.90 Å². The molecule has 0 aromatic heterocycles. The van der Waals surface area contributed by atoms with Crippen LogP contribution < -0.4 is 11.1 Å². The summed E-state index contributed by atoms with van der Waals surface area (Å²) in [5.41, 5.74) is 7.22. The van der Waals surface area contributed by atoms with E-state index >= 15 is 0 Å². The fourth-order valence-electron chi connectivity index (χ4n) is 3.69. The summed E-state index contributed by atoms with van der Waals surface area (Å²) in [6.07, 6.45) is 4.99. The van der Waals surface area contributed by atoms with Gasteiger partial charge in [0, 0.05) is 29.3 Å². The Morgan fingerprint density at radius 2 is 2.25 bits per heavy atom. The third kappa shape index (κ3) is 2.59. The first-order valence-electron chi connectivity index (χ1n) is 7.32. The second kappa shape index (κ2) is 5.84. The summed E-state index contributed by atoms with van der Waals surface area (Å²) in [6, 6.07) is 6.60. The van der Waals surface area contributed by atoms with E-state index in [0.29, 0.717) is 12.6 Å². The van der Waals surface area contributed by atoms with Crippen molar-refractivity contribution in [1.29, 1.82) is 0 Å². The number of benzene rings is 1. The molecule has 0 spiro atoms. The Morgan fingerprint density at radius 1 is 1.40 bits per heavy atom. The number of rotatable bonds is 3. The maximum Gasteiger partial charge on any atom is 0.0662 e. The van der Waals surface area contributed by atoms with Crippen molar-refractivity contribution < 1.29 is 0 Å². The minimum absolute atomic E-state index is 0.00240. The first-order chi connectivity index (χ1) is 9.64. The zero-order valence-electron chi connectivity index (χ0n) is 11.5. The highest BCUT2D eigenvalue weighted by Crippen LogP contribution is 2.38. The molecule has 3 rings (SSSR count). The van der Waals surface area contributed by atoms with Crippen LogP contribution in [0.2, 0.25) is 5.02 Å². The molecule has 0 radical (unpaired) electrons. The summed E-state index contributed by atoms with van der Waals surface area (Å²) in [5.74, 6) is 0. The zero-order valence-corrected chi connectivity index (χ0v) is 13.9. The zero-order chi connectivity index (χ0) is 14.2. The summed E-state index contributed by atoms with van der Waals surface area (Å²) in [5, 5.41) is 4.44. The van der Waals surface area contributed by atoms with E-state index in [-0.39, 0.29) is 5.54 Å². The molecule has 1 aromatic rings. The molecule has 20 heavy (non-hydrogen) atoms. The Morgan fingerprint density at radius 3 is 3.00 bits per heavy atom. The van der Waals surface area contributed by atoms with Gasteiger partial charge >= 0.3 is 0 Å². The number of piperidine rings is 1. The molecule has 2 saturated heterocycles. The van der Waals surface area contributed by atoms with Crippen LogP contribution in [0, 0.1) is 0 Å². The lowest BCUT2D eigenvalue weighted by Gasteiger charge is -2.41.